The molecular formula is C22H20FN5O3. The van der Waals surface area contributed by atoms with E-state index >= 15 is 0 Å². The number of nitrogens with one attached hydrogen (secondary N) is 2. The van der Waals surface area contributed by atoms with Crippen LogP contribution in [0.1, 0.15) is 6.42 Å². The molecule has 0 radical (unpaired) electrons. The maximum Gasteiger partial charge on any atom is 0.229 e. The Morgan fingerprint density at radius 1 is 1.26 bits per heavy atom. The van der Waals surface area contributed by atoms with E-state index in [-0.39, 0.29) is 17.7 Å². The third-order valence-electron chi connectivity index (χ3n) is 5.54. The third kappa shape index (κ3) is 3.41. The largest absolute Gasteiger partial charge is 0.497 e. The van der Waals surface area contributed by atoms with E-state index in [9.17, 15) is 9.18 Å². The van der Waals surface area contributed by atoms with Crippen molar-refractivity contribution in [3.8, 4) is 17.2 Å². The van der Waals surface area contributed by atoms with Gasteiger partial charge in [-0.3, -0.25) is 9.18 Å². The van der Waals surface area contributed by atoms with Gasteiger partial charge in [-0.2, -0.15) is 0 Å². The van der Waals surface area contributed by atoms with Crippen molar-refractivity contribution in [1.82, 2.24) is 15.0 Å². The van der Waals surface area contributed by atoms with Gasteiger partial charge in [-0.25, -0.2) is 15.0 Å². The molecule has 0 saturated heterocycles. The average Bonchev–Trinajstić information content (AvgIpc) is 3.48. The van der Waals surface area contributed by atoms with Gasteiger partial charge in [0.1, 0.15) is 22.9 Å². The molecule has 0 spiro atoms. The van der Waals surface area contributed by atoms with E-state index < -0.39 is 6.67 Å². The molecule has 1 aliphatic rings. The van der Waals surface area contributed by atoms with Crippen LogP contribution in [0.2, 0.25) is 0 Å². The number of pyridine rings is 2. The summed E-state index contributed by atoms with van der Waals surface area (Å²) < 4.78 is 24.0. The number of hydrogen-bond acceptors (Lipinski definition) is 7. The maximum absolute atomic E-state index is 12.8. The Hall–Kier alpha value is -3.75. The van der Waals surface area contributed by atoms with E-state index in [2.05, 4.69) is 25.6 Å². The molecule has 1 fully saturated rings. The van der Waals surface area contributed by atoms with Crippen LogP contribution < -0.4 is 15.4 Å². The van der Waals surface area contributed by atoms with Crippen molar-refractivity contribution < 1.29 is 18.3 Å². The molecule has 2 N–H and O–H groups in total. The first-order chi connectivity index (χ1) is 15.1. The zero-order valence-electron chi connectivity index (χ0n) is 17.0. The van der Waals surface area contributed by atoms with Crippen LogP contribution in [-0.2, 0) is 4.79 Å². The van der Waals surface area contributed by atoms with Crippen LogP contribution in [0.15, 0.2) is 41.1 Å². The number of oxazole rings is 1. The van der Waals surface area contributed by atoms with Gasteiger partial charge in [0, 0.05) is 42.2 Å². The molecule has 0 aliphatic heterocycles. The van der Waals surface area contributed by atoms with Crippen LogP contribution in [0.3, 0.4) is 0 Å². The summed E-state index contributed by atoms with van der Waals surface area (Å²) in [4.78, 5) is 25.7. The summed E-state index contributed by atoms with van der Waals surface area (Å²) in [6, 6.07) is 7.15. The highest BCUT2D eigenvalue weighted by Crippen LogP contribution is 2.40. The number of hydrogen-bond donors (Lipinski definition) is 2. The number of carbonyl (C=O) groups excluding carboxylic acids is 1. The van der Waals surface area contributed by atoms with Crippen molar-refractivity contribution in [2.75, 3.05) is 31.5 Å². The first-order valence-corrected chi connectivity index (χ1v) is 9.89. The van der Waals surface area contributed by atoms with Crippen molar-refractivity contribution in [3.63, 3.8) is 0 Å². The number of ether oxygens (including phenoxy) is 1. The minimum absolute atomic E-state index is 0.187. The molecule has 1 amide bonds. The van der Waals surface area contributed by atoms with Gasteiger partial charge in [-0.15, -0.1) is 0 Å². The number of methoxy groups -OCH3 is 1. The maximum atomic E-state index is 12.8. The second-order valence-electron chi connectivity index (χ2n) is 7.48. The molecule has 3 heterocycles. The minimum atomic E-state index is -0.479. The topological polar surface area (TPSA) is 102 Å². The molecule has 0 unspecified atom stereocenters. The van der Waals surface area contributed by atoms with Gasteiger partial charge < -0.3 is 19.8 Å². The highest BCUT2D eigenvalue weighted by molar-refractivity contribution is 6.03. The number of halogens is 1. The first-order valence-electron chi connectivity index (χ1n) is 9.89. The molecule has 2 atom stereocenters. The SMILES string of the molecule is CNc1ncc(-c2nc3cc(OC)ccc3o2)c2cc(NC(=O)[C@@H]3C[C@@H]3CF)ncc12. The first kappa shape index (κ1) is 19.2. The predicted molar refractivity (Wildman–Crippen MR) is 115 cm³/mol. The molecule has 4 aromatic rings. The van der Waals surface area contributed by atoms with Gasteiger partial charge in [-0.1, -0.05) is 0 Å². The summed E-state index contributed by atoms with van der Waals surface area (Å²) in [6.07, 6.45) is 3.88. The Balaban J connectivity index is 1.58. The Kier molecular flexibility index (Phi) is 4.65. The number of amides is 1. The molecule has 1 aliphatic carbocycles. The molecule has 1 saturated carbocycles. The highest BCUT2D eigenvalue weighted by atomic mass is 19.1. The quantitative estimate of drug-likeness (QED) is 0.484. The van der Waals surface area contributed by atoms with Crippen LogP contribution in [0, 0.1) is 11.8 Å². The molecule has 0 bridgehead atoms. The number of benzene rings is 1. The number of rotatable bonds is 6. The van der Waals surface area contributed by atoms with E-state index in [0.717, 1.165) is 10.8 Å². The second-order valence-corrected chi connectivity index (χ2v) is 7.48. The van der Waals surface area contributed by atoms with Crippen LogP contribution >= 0.6 is 0 Å². The summed E-state index contributed by atoms with van der Waals surface area (Å²) in [5.74, 6) is 1.41. The Morgan fingerprint density at radius 2 is 2.13 bits per heavy atom. The summed E-state index contributed by atoms with van der Waals surface area (Å²) in [5, 5.41) is 7.36. The fraction of sp³-hybridized carbons (Fsp3) is 0.273. The highest BCUT2D eigenvalue weighted by Gasteiger charge is 2.43. The molecule has 5 rings (SSSR count). The lowest BCUT2D eigenvalue weighted by atomic mass is 10.1. The molecular weight excluding hydrogens is 401 g/mol. The fourth-order valence-electron chi connectivity index (χ4n) is 3.68. The van der Waals surface area contributed by atoms with Crippen molar-refractivity contribution in [2.45, 2.75) is 6.42 Å². The van der Waals surface area contributed by atoms with Crippen molar-refractivity contribution >= 4 is 39.4 Å². The summed E-state index contributed by atoms with van der Waals surface area (Å²) >= 11 is 0. The molecule has 8 nitrogen and oxygen atoms in total. The number of aromatic nitrogens is 3. The average molecular weight is 421 g/mol. The van der Waals surface area contributed by atoms with Crippen molar-refractivity contribution in [2.24, 2.45) is 11.8 Å². The lowest BCUT2D eigenvalue weighted by Crippen LogP contribution is -2.16. The minimum Gasteiger partial charge on any atom is -0.497 e. The molecule has 158 valence electrons. The zero-order valence-corrected chi connectivity index (χ0v) is 17.0. The number of anilines is 2. The molecule has 9 heteroatoms. The molecule has 31 heavy (non-hydrogen) atoms. The van der Waals surface area contributed by atoms with Crippen LogP contribution in [0.25, 0.3) is 33.3 Å². The normalized spacial score (nSPS) is 17.6. The van der Waals surface area contributed by atoms with Gasteiger partial charge in [0.05, 0.1) is 19.3 Å². The van der Waals surface area contributed by atoms with Gasteiger partial charge >= 0.3 is 0 Å². The van der Waals surface area contributed by atoms with Gasteiger partial charge in [0.15, 0.2) is 5.58 Å². The monoisotopic (exact) mass is 421 g/mol. The van der Waals surface area contributed by atoms with E-state index in [4.69, 9.17) is 9.15 Å². The lowest BCUT2D eigenvalue weighted by Gasteiger charge is -2.10. The van der Waals surface area contributed by atoms with Crippen molar-refractivity contribution in [1.29, 1.82) is 0 Å². The van der Waals surface area contributed by atoms with E-state index in [1.165, 1.54) is 0 Å². The fourth-order valence-corrected chi connectivity index (χ4v) is 3.68. The Morgan fingerprint density at radius 3 is 2.87 bits per heavy atom. The summed E-state index contributed by atoms with van der Waals surface area (Å²) in [7, 11) is 3.36. The third-order valence-corrected chi connectivity index (χ3v) is 5.54. The van der Waals surface area contributed by atoms with Crippen LogP contribution in [0.5, 0.6) is 5.75 Å². The molecule has 3 aromatic heterocycles. The summed E-state index contributed by atoms with van der Waals surface area (Å²) in [6.45, 7) is -0.479. The standard InChI is InChI=1S/C22H20FN5O3/c1-24-20-15-9-25-19(28-21(29)13-5-11(13)8-23)7-14(15)16(10-26-20)22-27-17-6-12(30-2)3-4-18(17)31-22/h3-4,6-7,9-11,13H,5,8H2,1-2H3,(H,24,26)(H,25,28,29)/t11-,13-/m1/s1. The Labute approximate surface area is 176 Å². The predicted octanol–water partition coefficient (Wildman–Crippen LogP) is 4.03. The smallest absolute Gasteiger partial charge is 0.229 e. The summed E-state index contributed by atoms with van der Waals surface area (Å²) in [5.41, 5.74) is 1.94. The zero-order chi connectivity index (χ0) is 21.5. The molecule has 1 aromatic carbocycles. The van der Waals surface area contributed by atoms with E-state index in [1.54, 1.807) is 50.8 Å². The van der Waals surface area contributed by atoms with E-state index in [0.29, 0.717) is 46.4 Å². The number of fused-ring (bicyclic) bond motifs is 2. The van der Waals surface area contributed by atoms with Crippen molar-refractivity contribution in [3.05, 3.63) is 36.7 Å². The lowest BCUT2D eigenvalue weighted by molar-refractivity contribution is -0.117. The van der Waals surface area contributed by atoms with Crippen LogP contribution in [-0.4, -0.2) is 41.7 Å². The van der Waals surface area contributed by atoms with E-state index in [1.807, 2.05) is 0 Å². The van der Waals surface area contributed by atoms with Crippen LogP contribution in [0.4, 0.5) is 16.0 Å². The Bertz CT molecular complexity index is 1310. The van der Waals surface area contributed by atoms with Gasteiger partial charge in [-0.05, 0) is 30.5 Å². The number of carbonyl (C=O) groups is 1. The number of nitrogens with zero attached hydrogens (tertiary/aromatic N) is 3. The number of alkyl halides is 1. The van der Waals surface area contributed by atoms with Gasteiger partial charge in [0.25, 0.3) is 0 Å². The van der Waals surface area contributed by atoms with Gasteiger partial charge in [0.2, 0.25) is 11.8 Å². The second kappa shape index (κ2) is 7.50.